The van der Waals surface area contributed by atoms with Crippen LogP contribution >= 0.6 is 0 Å². The van der Waals surface area contributed by atoms with E-state index in [1.807, 2.05) is 18.2 Å². The zero-order valence-electron chi connectivity index (χ0n) is 15.2. The van der Waals surface area contributed by atoms with Gasteiger partial charge in [-0.15, -0.1) is 0 Å². The number of rotatable bonds is 5. The van der Waals surface area contributed by atoms with Crippen molar-refractivity contribution in [2.24, 2.45) is 0 Å². The fourth-order valence-corrected chi connectivity index (χ4v) is 3.07. The number of aryl methyl sites for hydroxylation is 1. The predicted molar refractivity (Wildman–Crippen MR) is 96.6 cm³/mol. The van der Waals surface area contributed by atoms with Crippen LogP contribution in [-0.2, 0) is 16.1 Å². The Morgan fingerprint density at radius 2 is 1.81 bits per heavy atom. The smallest absolute Gasteiger partial charge is 0.375 e. The maximum Gasteiger partial charge on any atom is 0.375 e. The Balaban J connectivity index is 1.48. The van der Waals surface area contributed by atoms with Crippen molar-refractivity contribution in [3.05, 3.63) is 59.5 Å². The molecule has 1 amide bonds. The molecule has 0 spiro atoms. The van der Waals surface area contributed by atoms with Gasteiger partial charge in [-0.3, -0.25) is 9.69 Å². The second-order valence-electron chi connectivity index (χ2n) is 6.57. The zero-order valence-corrected chi connectivity index (χ0v) is 15.2. The van der Waals surface area contributed by atoms with E-state index < -0.39 is 12.1 Å². The molecule has 1 aliphatic rings. The third-order valence-electron chi connectivity index (χ3n) is 4.61. The van der Waals surface area contributed by atoms with Crippen LogP contribution in [0.3, 0.4) is 0 Å². The van der Waals surface area contributed by atoms with Crippen molar-refractivity contribution < 1.29 is 18.7 Å². The molecule has 1 aromatic heterocycles. The average molecular weight is 356 g/mol. The minimum Gasteiger partial charge on any atom is -0.457 e. The normalized spacial score (nSPS) is 16.3. The molecule has 0 N–H and O–H groups in total. The molecule has 3 rings (SSSR count). The van der Waals surface area contributed by atoms with E-state index in [1.54, 1.807) is 24.8 Å². The minimum absolute atomic E-state index is 0.150. The second kappa shape index (κ2) is 8.19. The zero-order chi connectivity index (χ0) is 18.5. The molecule has 1 aromatic carbocycles. The highest BCUT2D eigenvalue weighted by Gasteiger charge is 2.28. The number of hydrogen-bond acceptors (Lipinski definition) is 5. The van der Waals surface area contributed by atoms with Gasteiger partial charge in [0.15, 0.2) is 6.10 Å². The predicted octanol–water partition coefficient (Wildman–Crippen LogP) is 2.48. The van der Waals surface area contributed by atoms with Crippen LogP contribution in [0.25, 0.3) is 0 Å². The van der Waals surface area contributed by atoms with Crippen LogP contribution in [0.5, 0.6) is 0 Å². The summed E-state index contributed by atoms with van der Waals surface area (Å²) in [6, 6.07) is 12.0. The van der Waals surface area contributed by atoms with Crippen molar-refractivity contribution >= 4 is 11.9 Å². The monoisotopic (exact) mass is 356 g/mol. The molecule has 0 aliphatic carbocycles. The van der Waals surface area contributed by atoms with E-state index >= 15 is 0 Å². The molecule has 0 bridgehead atoms. The number of hydrogen-bond donors (Lipinski definition) is 0. The van der Waals surface area contributed by atoms with Gasteiger partial charge >= 0.3 is 5.97 Å². The van der Waals surface area contributed by atoms with E-state index in [0.717, 1.165) is 19.6 Å². The molecule has 1 unspecified atom stereocenters. The summed E-state index contributed by atoms with van der Waals surface area (Å²) in [6.45, 7) is 7.12. The molecule has 138 valence electrons. The van der Waals surface area contributed by atoms with Crippen LogP contribution < -0.4 is 0 Å². The maximum atomic E-state index is 12.6. The van der Waals surface area contributed by atoms with Crippen molar-refractivity contribution in [2.45, 2.75) is 26.5 Å². The highest BCUT2D eigenvalue weighted by atomic mass is 16.6. The first kappa shape index (κ1) is 18.2. The largest absolute Gasteiger partial charge is 0.457 e. The third kappa shape index (κ3) is 4.32. The molecular weight excluding hydrogens is 332 g/mol. The molecule has 1 aliphatic heterocycles. The van der Waals surface area contributed by atoms with Crippen LogP contribution in [0.1, 0.15) is 28.6 Å². The minimum atomic E-state index is -0.826. The van der Waals surface area contributed by atoms with Gasteiger partial charge in [-0.05, 0) is 25.5 Å². The fourth-order valence-electron chi connectivity index (χ4n) is 3.07. The number of piperazine rings is 1. The van der Waals surface area contributed by atoms with E-state index in [9.17, 15) is 9.59 Å². The average Bonchev–Trinajstić information content (AvgIpc) is 3.08. The number of ether oxygens (including phenoxy) is 1. The van der Waals surface area contributed by atoms with Crippen molar-refractivity contribution in [3.63, 3.8) is 0 Å². The molecule has 1 atom stereocenters. The molecule has 2 heterocycles. The number of furan rings is 1. The maximum absolute atomic E-state index is 12.6. The van der Waals surface area contributed by atoms with Gasteiger partial charge in [0.1, 0.15) is 0 Å². The van der Waals surface area contributed by atoms with E-state index in [-0.39, 0.29) is 11.7 Å². The molecule has 0 saturated carbocycles. The molecule has 6 heteroatoms. The van der Waals surface area contributed by atoms with Crippen molar-refractivity contribution in [2.75, 3.05) is 26.2 Å². The van der Waals surface area contributed by atoms with Crippen LogP contribution in [0.15, 0.2) is 47.1 Å². The highest BCUT2D eigenvalue weighted by Crippen LogP contribution is 2.14. The molecule has 26 heavy (non-hydrogen) atoms. The van der Waals surface area contributed by atoms with E-state index in [4.69, 9.17) is 9.15 Å². The Kier molecular flexibility index (Phi) is 5.73. The summed E-state index contributed by atoms with van der Waals surface area (Å²) in [4.78, 5) is 28.7. The Hall–Kier alpha value is -2.60. The molecule has 2 aromatic rings. The number of nitrogens with zero attached hydrogens (tertiary/aromatic N) is 2. The topological polar surface area (TPSA) is 63.0 Å². The molecule has 6 nitrogen and oxygen atoms in total. The van der Waals surface area contributed by atoms with Gasteiger partial charge in [0.25, 0.3) is 5.91 Å². The lowest BCUT2D eigenvalue weighted by molar-refractivity contribution is -0.141. The summed E-state index contributed by atoms with van der Waals surface area (Å²) < 4.78 is 10.4. The first-order valence-corrected chi connectivity index (χ1v) is 8.84. The van der Waals surface area contributed by atoms with Gasteiger partial charge in [0.2, 0.25) is 5.76 Å². The lowest BCUT2D eigenvalue weighted by Gasteiger charge is -2.35. The SMILES string of the molecule is Cc1ccoc1C(=O)OC(C)C(=O)N1CCN(Cc2ccccc2)CC1. The van der Waals surface area contributed by atoms with Gasteiger partial charge in [0, 0.05) is 38.3 Å². The van der Waals surface area contributed by atoms with Crippen LogP contribution in [0.4, 0.5) is 0 Å². The van der Waals surface area contributed by atoms with E-state index in [1.165, 1.54) is 11.8 Å². The van der Waals surface area contributed by atoms with Gasteiger partial charge in [0.05, 0.1) is 6.26 Å². The Labute approximate surface area is 153 Å². The highest BCUT2D eigenvalue weighted by molar-refractivity contribution is 5.91. The Morgan fingerprint density at radius 1 is 1.12 bits per heavy atom. The molecule has 1 fully saturated rings. The van der Waals surface area contributed by atoms with Crippen molar-refractivity contribution in [3.8, 4) is 0 Å². The number of esters is 1. The fraction of sp³-hybridized carbons (Fsp3) is 0.400. The molecular formula is C20H24N2O4. The molecule has 1 saturated heterocycles. The Bertz CT molecular complexity index is 748. The third-order valence-corrected chi connectivity index (χ3v) is 4.61. The van der Waals surface area contributed by atoms with Crippen LogP contribution in [0, 0.1) is 6.92 Å². The lowest BCUT2D eigenvalue weighted by Crippen LogP contribution is -2.51. The summed E-state index contributed by atoms with van der Waals surface area (Å²) in [5.74, 6) is -0.615. The first-order chi connectivity index (χ1) is 12.5. The second-order valence-corrected chi connectivity index (χ2v) is 6.57. The van der Waals surface area contributed by atoms with Crippen LogP contribution in [0.2, 0.25) is 0 Å². The summed E-state index contributed by atoms with van der Waals surface area (Å²) in [6.07, 6.45) is 0.609. The van der Waals surface area contributed by atoms with Gasteiger partial charge in [-0.2, -0.15) is 0 Å². The number of carbonyl (C=O) groups excluding carboxylic acids is 2. The van der Waals surface area contributed by atoms with Gasteiger partial charge < -0.3 is 14.1 Å². The number of amides is 1. The van der Waals surface area contributed by atoms with E-state index in [2.05, 4.69) is 17.0 Å². The number of carbonyl (C=O) groups is 2. The lowest BCUT2D eigenvalue weighted by atomic mass is 10.2. The van der Waals surface area contributed by atoms with E-state index in [0.29, 0.717) is 18.7 Å². The first-order valence-electron chi connectivity index (χ1n) is 8.84. The van der Waals surface area contributed by atoms with Crippen LogP contribution in [-0.4, -0.2) is 54.0 Å². The summed E-state index contributed by atoms with van der Waals surface area (Å²) >= 11 is 0. The van der Waals surface area contributed by atoms with Crippen molar-refractivity contribution in [1.29, 1.82) is 0 Å². The standard InChI is InChI=1S/C20H24N2O4/c1-15-8-13-25-18(15)20(24)26-16(2)19(23)22-11-9-21(10-12-22)14-17-6-4-3-5-7-17/h3-8,13,16H,9-12,14H2,1-2H3. The molecule has 0 radical (unpaired) electrons. The number of benzene rings is 1. The Morgan fingerprint density at radius 3 is 2.42 bits per heavy atom. The quantitative estimate of drug-likeness (QED) is 0.770. The van der Waals surface area contributed by atoms with Gasteiger partial charge in [-0.1, -0.05) is 30.3 Å². The summed E-state index contributed by atoms with van der Waals surface area (Å²) in [7, 11) is 0. The van der Waals surface area contributed by atoms with Gasteiger partial charge in [-0.25, -0.2) is 4.79 Å². The van der Waals surface area contributed by atoms with Crippen molar-refractivity contribution in [1.82, 2.24) is 9.80 Å². The summed E-state index contributed by atoms with van der Waals surface area (Å²) in [5, 5.41) is 0. The summed E-state index contributed by atoms with van der Waals surface area (Å²) in [5.41, 5.74) is 1.97.